The van der Waals surface area contributed by atoms with Crippen LogP contribution in [0.5, 0.6) is 5.75 Å². The first kappa shape index (κ1) is 18.0. The molecule has 1 heterocycles. The fourth-order valence-electron chi connectivity index (χ4n) is 2.23. The molecule has 0 saturated carbocycles. The standard InChI is InChI=1S/C17H19ClN2O4/c18-13-7-8-14(17-12(13)5-4-10-20-17)24-11-15(21)19-9-3-1-2-6-16(22)23/h4-5,7-8,10H,1-3,6,9,11H2,(H,19,21)(H,22,23). The summed E-state index contributed by atoms with van der Waals surface area (Å²) in [7, 11) is 0. The van der Waals surface area contributed by atoms with Gasteiger partial charge >= 0.3 is 5.97 Å². The summed E-state index contributed by atoms with van der Waals surface area (Å²) < 4.78 is 5.53. The van der Waals surface area contributed by atoms with Gasteiger partial charge in [-0.15, -0.1) is 0 Å². The van der Waals surface area contributed by atoms with Crippen molar-refractivity contribution in [3.63, 3.8) is 0 Å². The number of carbonyl (C=O) groups is 2. The smallest absolute Gasteiger partial charge is 0.303 e. The highest BCUT2D eigenvalue weighted by Crippen LogP contribution is 2.29. The average Bonchev–Trinajstić information content (AvgIpc) is 2.57. The lowest BCUT2D eigenvalue weighted by Crippen LogP contribution is -2.29. The molecule has 0 fully saturated rings. The van der Waals surface area contributed by atoms with Crippen LogP contribution in [-0.2, 0) is 9.59 Å². The third-order valence-corrected chi connectivity index (χ3v) is 3.76. The molecular weight excluding hydrogens is 332 g/mol. The van der Waals surface area contributed by atoms with Crippen molar-refractivity contribution in [2.75, 3.05) is 13.2 Å². The van der Waals surface area contributed by atoms with Crippen LogP contribution in [-0.4, -0.2) is 35.1 Å². The predicted molar refractivity (Wildman–Crippen MR) is 91.4 cm³/mol. The molecule has 0 bridgehead atoms. The molecular formula is C17H19ClN2O4. The van der Waals surface area contributed by atoms with Crippen LogP contribution in [0.2, 0.25) is 5.02 Å². The number of benzene rings is 1. The van der Waals surface area contributed by atoms with Crippen LogP contribution >= 0.6 is 11.6 Å². The van der Waals surface area contributed by atoms with E-state index in [2.05, 4.69) is 10.3 Å². The van der Waals surface area contributed by atoms with E-state index in [1.54, 1.807) is 24.4 Å². The predicted octanol–water partition coefficient (Wildman–Crippen LogP) is 3.03. The zero-order chi connectivity index (χ0) is 17.4. The van der Waals surface area contributed by atoms with E-state index >= 15 is 0 Å². The second-order valence-corrected chi connectivity index (χ2v) is 5.70. The summed E-state index contributed by atoms with van der Waals surface area (Å²) in [6.07, 6.45) is 3.92. The van der Waals surface area contributed by atoms with E-state index in [0.717, 1.165) is 18.2 Å². The Morgan fingerprint density at radius 3 is 2.83 bits per heavy atom. The van der Waals surface area contributed by atoms with Gasteiger partial charge in [-0.25, -0.2) is 0 Å². The van der Waals surface area contributed by atoms with Crippen LogP contribution in [0, 0.1) is 0 Å². The second-order valence-electron chi connectivity index (χ2n) is 5.29. The Labute approximate surface area is 144 Å². The van der Waals surface area contributed by atoms with Crippen LogP contribution in [0.25, 0.3) is 10.9 Å². The van der Waals surface area contributed by atoms with Gasteiger partial charge in [-0.2, -0.15) is 0 Å². The fourth-order valence-corrected chi connectivity index (χ4v) is 2.44. The van der Waals surface area contributed by atoms with Crippen molar-refractivity contribution in [2.24, 2.45) is 0 Å². The molecule has 1 aromatic carbocycles. The number of rotatable bonds is 9. The molecule has 0 aliphatic rings. The quantitative estimate of drug-likeness (QED) is 0.678. The minimum absolute atomic E-state index is 0.109. The summed E-state index contributed by atoms with van der Waals surface area (Å²) >= 11 is 6.11. The molecule has 1 amide bonds. The lowest BCUT2D eigenvalue weighted by molar-refractivity contribution is -0.137. The lowest BCUT2D eigenvalue weighted by atomic mass is 10.2. The summed E-state index contributed by atoms with van der Waals surface area (Å²) in [6, 6.07) is 7.03. The first-order valence-electron chi connectivity index (χ1n) is 7.72. The number of pyridine rings is 1. The number of fused-ring (bicyclic) bond motifs is 1. The number of ether oxygens (including phenoxy) is 1. The fraction of sp³-hybridized carbons (Fsp3) is 0.353. The number of aromatic nitrogens is 1. The Balaban J connectivity index is 1.76. The number of unbranched alkanes of at least 4 members (excludes halogenated alkanes) is 2. The molecule has 0 saturated heterocycles. The Kier molecular flexibility index (Phi) is 6.81. The van der Waals surface area contributed by atoms with Crippen molar-refractivity contribution in [3.8, 4) is 5.75 Å². The Hall–Kier alpha value is -2.34. The molecule has 0 aliphatic heterocycles. The number of halogens is 1. The van der Waals surface area contributed by atoms with Gasteiger partial charge in [0.05, 0.1) is 5.02 Å². The van der Waals surface area contributed by atoms with Crippen molar-refractivity contribution in [1.29, 1.82) is 0 Å². The molecule has 1 aromatic heterocycles. The Morgan fingerprint density at radius 2 is 2.04 bits per heavy atom. The number of carboxylic acid groups (broad SMARTS) is 1. The number of carbonyl (C=O) groups excluding carboxylic acids is 1. The van der Waals surface area contributed by atoms with Gasteiger partial charge in [0, 0.05) is 24.5 Å². The van der Waals surface area contributed by atoms with Crippen LogP contribution in [0.3, 0.4) is 0 Å². The monoisotopic (exact) mass is 350 g/mol. The van der Waals surface area contributed by atoms with Gasteiger partial charge in [0.15, 0.2) is 6.61 Å². The van der Waals surface area contributed by atoms with E-state index in [-0.39, 0.29) is 18.9 Å². The van der Waals surface area contributed by atoms with E-state index < -0.39 is 5.97 Å². The van der Waals surface area contributed by atoms with E-state index in [0.29, 0.717) is 29.3 Å². The zero-order valence-corrected chi connectivity index (χ0v) is 13.9. The SMILES string of the molecule is O=C(O)CCCCCNC(=O)COc1ccc(Cl)c2cccnc12. The van der Waals surface area contributed by atoms with Crippen molar-refractivity contribution < 1.29 is 19.4 Å². The number of aliphatic carboxylic acids is 1. The van der Waals surface area contributed by atoms with Gasteiger partial charge in [0.2, 0.25) is 0 Å². The van der Waals surface area contributed by atoms with Crippen LogP contribution in [0.1, 0.15) is 25.7 Å². The minimum Gasteiger partial charge on any atom is -0.481 e. The second kappa shape index (κ2) is 9.08. The zero-order valence-electron chi connectivity index (χ0n) is 13.1. The average molecular weight is 351 g/mol. The highest BCUT2D eigenvalue weighted by Gasteiger charge is 2.09. The summed E-state index contributed by atoms with van der Waals surface area (Å²) in [5, 5.41) is 12.6. The van der Waals surface area contributed by atoms with E-state index in [9.17, 15) is 9.59 Å². The van der Waals surface area contributed by atoms with Crippen molar-refractivity contribution >= 4 is 34.4 Å². The summed E-state index contributed by atoms with van der Waals surface area (Å²) in [5.41, 5.74) is 0.617. The maximum Gasteiger partial charge on any atom is 0.303 e. The van der Waals surface area contributed by atoms with E-state index in [1.807, 2.05) is 6.07 Å². The molecule has 0 aliphatic carbocycles. The number of hydrogen-bond acceptors (Lipinski definition) is 4. The maximum absolute atomic E-state index is 11.8. The third-order valence-electron chi connectivity index (χ3n) is 3.43. The number of amides is 1. The molecule has 0 radical (unpaired) electrons. The van der Waals surface area contributed by atoms with Crippen molar-refractivity contribution in [2.45, 2.75) is 25.7 Å². The number of hydrogen-bond donors (Lipinski definition) is 2. The Morgan fingerprint density at radius 1 is 1.21 bits per heavy atom. The molecule has 0 spiro atoms. The van der Waals surface area contributed by atoms with Crippen LogP contribution in [0.4, 0.5) is 0 Å². The molecule has 2 aromatic rings. The van der Waals surface area contributed by atoms with E-state index in [4.69, 9.17) is 21.4 Å². The highest BCUT2D eigenvalue weighted by molar-refractivity contribution is 6.35. The van der Waals surface area contributed by atoms with Gasteiger partial charge in [-0.05, 0) is 37.1 Å². The van der Waals surface area contributed by atoms with Gasteiger partial charge < -0.3 is 15.2 Å². The van der Waals surface area contributed by atoms with Gasteiger partial charge in [0.1, 0.15) is 11.3 Å². The first-order valence-corrected chi connectivity index (χ1v) is 8.10. The summed E-state index contributed by atoms with van der Waals surface area (Å²) in [4.78, 5) is 26.4. The number of nitrogens with zero attached hydrogens (tertiary/aromatic N) is 1. The summed E-state index contributed by atoms with van der Waals surface area (Å²) in [6.45, 7) is 0.393. The minimum atomic E-state index is -0.795. The molecule has 0 unspecified atom stereocenters. The number of carboxylic acids is 1. The van der Waals surface area contributed by atoms with Gasteiger partial charge in [-0.3, -0.25) is 14.6 Å². The maximum atomic E-state index is 11.8. The van der Waals surface area contributed by atoms with Crippen molar-refractivity contribution in [3.05, 3.63) is 35.5 Å². The van der Waals surface area contributed by atoms with Crippen LogP contribution in [0.15, 0.2) is 30.5 Å². The van der Waals surface area contributed by atoms with Crippen molar-refractivity contribution in [1.82, 2.24) is 10.3 Å². The third kappa shape index (κ3) is 5.38. The van der Waals surface area contributed by atoms with Gasteiger partial charge in [-0.1, -0.05) is 18.0 Å². The molecule has 6 nitrogen and oxygen atoms in total. The highest BCUT2D eigenvalue weighted by atomic mass is 35.5. The molecule has 24 heavy (non-hydrogen) atoms. The molecule has 2 N–H and O–H groups in total. The first-order chi connectivity index (χ1) is 11.6. The van der Waals surface area contributed by atoms with E-state index in [1.165, 1.54) is 0 Å². The molecule has 7 heteroatoms. The van der Waals surface area contributed by atoms with Crippen LogP contribution < -0.4 is 10.1 Å². The number of nitrogens with one attached hydrogen (secondary N) is 1. The van der Waals surface area contributed by atoms with Gasteiger partial charge in [0.25, 0.3) is 5.91 Å². The summed E-state index contributed by atoms with van der Waals surface area (Å²) in [5.74, 6) is -0.518. The topological polar surface area (TPSA) is 88.5 Å². The Bertz CT molecular complexity index is 721. The normalized spacial score (nSPS) is 10.5. The molecule has 128 valence electrons. The molecule has 0 atom stereocenters. The largest absolute Gasteiger partial charge is 0.481 e. The molecule has 2 rings (SSSR count). The lowest BCUT2D eigenvalue weighted by Gasteiger charge is -2.10.